The molecule has 27 heavy (non-hydrogen) atoms. The lowest BCUT2D eigenvalue weighted by Crippen LogP contribution is -2.38. The molecule has 2 aromatic carbocycles. The summed E-state index contributed by atoms with van der Waals surface area (Å²) in [7, 11) is 0. The van der Waals surface area contributed by atoms with Gasteiger partial charge in [-0.15, -0.1) is 0 Å². The molecule has 0 aliphatic carbocycles. The van der Waals surface area contributed by atoms with Crippen molar-refractivity contribution in [3.8, 4) is 0 Å². The van der Waals surface area contributed by atoms with Crippen LogP contribution in [-0.2, 0) is 17.8 Å². The van der Waals surface area contributed by atoms with Crippen LogP contribution in [0.3, 0.4) is 0 Å². The van der Waals surface area contributed by atoms with Crippen LogP contribution in [0.1, 0.15) is 36.5 Å². The van der Waals surface area contributed by atoms with E-state index in [-0.39, 0.29) is 11.8 Å². The minimum Gasteiger partial charge on any atom is -0.325 e. The van der Waals surface area contributed by atoms with E-state index in [0.29, 0.717) is 10.0 Å². The van der Waals surface area contributed by atoms with Crippen molar-refractivity contribution in [2.45, 2.75) is 39.7 Å². The first-order chi connectivity index (χ1) is 13.0. The zero-order valence-electron chi connectivity index (χ0n) is 15.9. The highest BCUT2D eigenvalue weighted by Crippen LogP contribution is 2.27. The van der Waals surface area contributed by atoms with Crippen molar-refractivity contribution >= 4 is 34.8 Å². The number of para-hydroxylation sites is 1. The number of nitrogens with one attached hydrogen (secondary N) is 1. The van der Waals surface area contributed by atoms with Gasteiger partial charge in [-0.25, -0.2) is 0 Å². The van der Waals surface area contributed by atoms with E-state index >= 15 is 0 Å². The lowest BCUT2D eigenvalue weighted by Gasteiger charge is -2.31. The van der Waals surface area contributed by atoms with Crippen LogP contribution in [0.15, 0.2) is 36.4 Å². The molecular weight excluding hydrogens is 379 g/mol. The van der Waals surface area contributed by atoms with Crippen LogP contribution >= 0.6 is 23.2 Å². The van der Waals surface area contributed by atoms with E-state index in [4.69, 9.17) is 23.2 Å². The molecule has 0 saturated carbocycles. The van der Waals surface area contributed by atoms with E-state index in [1.807, 2.05) is 24.3 Å². The Labute approximate surface area is 171 Å². The summed E-state index contributed by atoms with van der Waals surface area (Å²) in [5.74, 6) is 0.215. The van der Waals surface area contributed by atoms with Gasteiger partial charge in [-0.05, 0) is 68.1 Å². The van der Waals surface area contributed by atoms with Gasteiger partial charge < -0.3 is 5.32 Å². The van der Waals surface area contributed by atoms with Gasteiger partial charge in [-0.3, -0.25) is 9.69 Å². The molecule has 5 heteroatoms. The van der Waals surface area contributed by atoms with E-state index in [2.05, 4.69) is 36.2 Å². The molecule has 1 amide bonds. The van der Waals surface area contributed by atoms with E-state index in [1.165, 1.54) is 5.56 Å². The summed E-state index contributed by atoms with van der Waals surface area (Å²) in [6.45, 7) is 6.82. The highest BCUT2D eigenvalue weighted by Gasteiger charge is 2.25. The zero-order valence-corrected chi connectivity index (χ0v) is 17.4. The lowest BCUT2D eigenvalue weighted by atomic mass is 9.95. The number of carbonyl (C=O) groups excluding carboxylic acids is 1. The molecule has 0 aromatic heterocycles. The highest BCUT2D eigenvalue weighted by atomic mass is 35.5. The van der Waals surface area contributed by atoms with Gasteiger partial charge in [0.25, 0.3) is 0 Å². The predicted molar refractivity (Wildman–Crippen MR) is 114 cm³/mol. The first-order valence-electron chi connectivity index (χ1n) is 9.53. The second kappa shape index (κ2) is 9.09. The Hall–Kier alpha value is -1.55. The van der Waals surface area contributed by atoms with Crippen molar-refractivity contribution in [2.24, 2.45) is 5.92 Å². The van der Waals surface area contributed by atoms with Crippen LogP contribution in [0.25, 0.3) is 0 Å². The molecule has 1 aliphatic rings. The number of hydrogen-bond acceptors (Lipinski definition) is 2. The Morgan fingerprint density at radius 3 is 2.56 bits per heavy atom. The van der Waals surface area contributed by atoms with Gasteiger partial charge in [0.05, 0.1) is 10.0 Å². The average molecular weight is 405 g/mol. The van der Waals surface area contributed by atoms with Crippen LogP contribution in [0.5, 0.6) is 0 Å². The van der Waals surface area contributed by atoms with Crippen molar-refractivity contribution in [2.75, 3.05) is 18.4 Å². The van der Waals surface area contributed by atoms with Gasteiger partial charge in [0.15, 0.2) is 0 Å². The van der Waals surface area contributed by atoms with E-state index < -0.39 is 0 Å². The second-order valence-electron chi connectivity index (χ2n) is 7.25. The number of aryl methyl sites for hydroxylation is 2. The third-order valence-electron chi connectivity index (χ3n) is 5.34. The molecule has 1 fully saturated rings. The first kappa shape index (κ1) is 20.2. The summed E-state index contributed by atoms with van der Waals surface area (Å²) in [5, 5.41) is 4.36. The maximum absolute atomic E-state index is 12.8. The molecule has 1 N–H and O–H groups in total. The van der Waals surface area contributed by atoms with Crippen LogP contribution in [0.4, 0.5) is 5.69 Å². The monoisotopic (exact) mass is 404 g/mol. The summed E-state index contributed by atoms with van der Waals surface area (Å²) in [6.07, 6.45) is 2.67. The molecule has 0 unspecified atom stereocenters. The fraction of sp³-hybridized carbons (Fsp3) is 0.409. The Bertz CT molecular complexity index is 814. The number of piperidine rings is 1. The smallest absolute Gasteiger partial charge is 0.227 e. The predicted octanol–water partition coefficient (Wildman–Crippen LogP) is 5.71. The van der Waals surface area contributed by atoms with Crippen molar-refractivity contribution in [3.63, 3.8) is 0 Å². The van der Waals surface area contributed by atoms with Crippen molar-refractivity contribution in [1.29, 1.82) is 0 Å². The van der Waals surface area contributed by atoms with Crippen LogP contribution < -0.4 is 5.32 Å². The molecule has 0 radical (unpaired) electrons. The minimum absolute atomic E-state index is 0.0689. The summed E-state index contributed by atoms with van der Waals surface area (Å²) < 4.78 is 0. The molecule has 3 rings (SSSR count). The van der Waals surface area contributed by atoms with Crippen molar-refractivity contribution in [1.82, 2.24) is 4.90 Å². The van der Waals surface area contributed by atoms with Crippen LogP contribution in [-0.4, -0.2) is 23.9 Å². The highest BCUT2D eigenvalue weighted by molar-refractivity contribution is 6.42. The standard InChI is InChI=1S/C22H26Cl2N2O/c1-3-17-6-4-5-15(2)21(17)25-22(27)18-9-11-26(12-10-18)14-16-7-8-19(23)20(24)13-16/h4-8,13,18H,3,9-12,14H2,1-2H3,(H,25,27). The Morgan fingerprint density at radius 2 is 1.89 bits per heavy atom. The number of carbonyl (C=O) groups is 1. The van der Waals surface area contributed by atoms with Gasteiger partial charge in [-0.1, -0.05) is 54.4 Å². The normalized spacial score (nSPS) is 15.7. The fourth-order valence-electron chi connectivity index (χ4n) is 3.68. The van der Waals surface area contributed by atoms with Gasteiger partial charge in [-0.2, -0.15) is 0 Å². The molecule has 0 spiro atoms. The number of benzene rings is 2. The van der Waals surface area contributed by atoms with Crippen molar-refractivity contribution in [3.05, 3.63) is 63.1 Å². The molecule has 3 nitrogen and oxygen atoms in total. The molecule has 2 aromatic rings. The Morgan fingerprint density at radius 1 is 1.15 bits per heavy atom. The number of halogens is 2. The van der Waals surface area contributed by atoms with Gasteiger partial charge in [0.2, 0.25) is 5.91 Å². The molecule has 1 aliphatic heterocycles. The zero-order chi connectivity index (χ0) is 19.4. The average Bonchev–Trinajstić information content (AvgIpc) is 2.67. The molecule has 0 bridgehead atoms. The quantitative estimate of drug-likeness (QED) is 0.691. The number of amides is 1. The fourth-order valence-corrected chi connectivity index (χ4v) is 4.00. The summed E-state index contributed by atoms with van der Waals surface area (Å²) in [5.41, 5.74) is 4.46. The van der Waals surface area contributed by atoms with E-state index in [0.717, 1.165) is 55.7 Å². The maximum Gasteiger partial charge on any atom is 0.227 e. The Balaban J connectivity index is 1.56. The molecular formula is C22H26Cl2N2O. The van der Waals surface area contributed by atoms with Crippen molar-refractivity contribution < 1.29 is 4.79 Å². The third-order valence-corrected chi connectivity index (χ3v) is 6.08. The molecule has 1 heterocycles. The van der Waals surface area contributed by atoms with Gasteiger partial charge in [0, 0.05) is 18.2 Å². The number of nitrogens with zero attached hydrogens (tertiary/aromatic N) is 1. The first-order valence-corrected chi connectivity index (χ1v) is 10.3. The summed E-state index contributed by atoms with van der Waals surface area (Å²) in [4.78, 5) is 15.1. The molecule has 0 atom stereocenters. The number of likely N-dealkylation sites (tertiary alicyclic amines) is 1. The van der Waals surface area contributed by atoms with Gasteiger partial charge in [0.1, 0.15) is 0 Å². The number of rotatable bonds is 5. The largest absolute Gasteiger partial charge is 0.325 e. The van der Waals surface area contributed by atoms with E-state index in [1.54, 1.807) is 0 Å². The SMILES string of the molecule is CCc1cccc(C)c1NC(=O)C1CCN(Cc2ccc(Cl)c(Cl)c2)CC1. The van der Waals surface area contributed by atoms with Crippen LogP contribution in [0, 0.1) is 12.8 Å². The number of hydrogen-bond donors (Lipinski definition) is 1. The molecule has 1 saturated heterocycles. The number of anilines is 1. The van der Waals surface area contributed by atoms with E-state index in [9.17, 15) is 4.79 Å². The Kier molecular flexibility index (Phi) is 6.80. The van der Waals surface area contributed by atoms with Crippen LogP contribution in [0.2, 0.25) is 10.0 Å². The lowest BCUT2D eigenvalue weighted by molar-refractivity contribution is -0.121. The maximum atomic E-state index is 12.8. The molecule has 144 valence electrons. The minimum atomic E-state index is 0.0689. The third kappa shape index (κ3) is 5.04. The summed E-state index contributed by atoms with van der Waals surface area (Å²) in [6, 6.07) is 12.0. The summed E-state index contributed by atoms with van der Waals surface area (Å²) >= 11 is 12.1. The second-order valence-corrected chi connectivity index (χ2v) is 8.07. The van der Waals surface area contributed by atoms with Gasteiger partial charge >= 0.3 is 0 Å². The topological polar surface area (TPSA) is 32.3 Å².